The van der Waals surface area contributed by atoms with Crippen LogP contribution in [0.4, 0.5) is 11.4 Å². The standard InChI is InChI=1S/C14H21N3O2/c1-9(18)10-5-7-17(8-6-10)12-4-2-3-11(13(12)15)14(16)19/h2-4,9-10,18H,5-8,15H2,1H3,(H2,16,19). The summed E-state index contributed by atoms with van der Waals surface area (Å²) >= 11 is 0. The fourth-order valence-electron chi connectivity index (χ4n) is 2.67. The largest absolute Gasteiger partial charge is 0.396 e. The fourth-order valence-corrected chi connectivity index (χ4v) is 2.67. The number of hydrogen-bond donors (Lipinski definition) is 3. The van der Waals surface area contributed by atoms with E-state index in [-0.39, 0.29) is 6.10 Å². The van der Waals surface area contributed by atoms with Crippen LogP contribution in [0.1, 0.15) is 30.1 Å². The van der Waals surface area contributed by atoms with E-state index < -0.39 is 5.91 Å². The molecule has 0 saturated carbocycles. The second-order valence-electron chi connectivity index (χ2n) is 5.17. The predicted molar refractivity (Wildman–Crippen MR) is 76.0 cm³/mol. The summed E-state index contributed by atoms with van der Waals surface area (Å²) in [6.07, 6.45) is 1.59. The highest BCUT2D eigenvalue weighted by molar-refractivity contribution is 6.00. The number of nitrogen functional groups attached to an aromatic ring is 1. The Hall–Kier alpha value is -1.75. The van der Waals surface area contributed by atoms with Gasteiger partial charge in [-0.3, -0.25) is 4.79 Å². The lowest BCUT2D eigenvalue weighted by atomic mass is 9.91. The Balaban J connectivity index is 2.16. The summed E-state index contributed by atoms with van der Waals surface area (Å²) in [6.45, 7) is 3.51. The van der Waals surface area contributed by atoms with Crippen LogP contribution in [-0.4, -0.2) is 30.2 Å². The van der Waals surface area contributed by atoms with Crippen molar-refractivity contribution >= 4 is 17.3 Å². The summed E-state index contributed by atoms with van der Waals surface area (Å²) in [5.74, 6) is -0.157. The van der Waals surface area contributed by atoms with E-state index in [1.807, 2.05) is 13.0 Å². The second kappa shape index (κ2) is 5.48. The van der Waals surface area contributed by atoms with Crippen molar-refractivity contribution in [2.24, 2.45) is 11.7 Å². The topological polar surface area (TPSA) is 92.6 Å². The second-order valence-corrected chi connectivity index (χ2v) is 5.17. The minimum Gasteiger partial charge on any atom is -0.396 e. The molecule has 19 heavy (non-hydrogen) atoms. The van der Waals surface area contributed by atoms with Gasteiger partial charge in [0.25, 0.3) is 5.91 Å². The number of hydrogen-bond acceptors (Lipinski definition) is 4. The van der Waals surface area contributed by atoms with E-state index in [0.717, 1.165) is 31.6 Å². The zero-order chi connectivity index (χ0) is 14.0. The van der Waals surface area contributed by atoms with Crippen LogP contribution in [0.15, 0.2) is 18.2 Å². The van der Waals surface area contributed by atoms with Crippen molar-refractivity contribution in [1.29, 1.82) is 0 Å². The van der Waals surface area contributed by atoms with Crippen LogP contribution in [0.3, 0.4) is 0 Å². The van der Waals surface area contributed by atoms with Crippen LogP contribution in [0.2, 0.25) is 0 Å². The highest BCUT2D eigenvalue weighted by atomic mass is 16.3. The first kappa shape index (κ1) is 13.7. The molecule has 5 N–H and O–H groups in total. The average molecular weight is 263 g/mol. The first-order chi connectivity index (χ1) is 9.00. The van der Waals surface area contributed by atoms with Gasteiger partial charge in [-0.1, -0.05) is 6.07 Å². The Morgan fingerprint density at radius 2 is 2.05 bits per heavy atom. The number of carbonyl (C=O) groups is 1. The average Bonchev–Trinajstić information content (AvgIpc) is 2.38. The van der Waals surface area contributed by atoms with E-state index >= 15 is 0 Å². The first-order valence-corrected chi connectivity index (χ1v) is 6.62. The predicted octanol–water partition coefficient (Wildman–Crippen LogP) is 0.965. The third-order valence-electron chi connectivity index (χ3n) is 3.91. The van der Waals surface area contributed by atoms with Crippen LogP contribution in [0.5, 0.6) is 0 Å². The van der Waals surface area contributed by atoms with Gasteiger partial charge in [0.1, 0.15) is 0 Å². The van der Waals surface area contributed by atoms with Gasteiger partial charge in [-0.25, -0.2) is 0 Å². The molecule has 1 aromatic rings. The molecule has 1 heterocycles. The number of aliphatic hydroxyl groups excluding tert-OH is 1. The van der Waals surface area contributed by atoms with Crippen LogP contribution < -0.4 is 16.4 Å². The summed E-state index contributed by atoms with van der Waals surface area (Å²) in [5.41, 5.74) is 13.0. The monoisotopic (exact) mass is 263 g/mol. The molecule has 0 radical (unpaired) electrons. The minimum atomic E-state index is -0.502. The molecule has 0 spiro atoms. The zero-order valence-corrected chi connectivity index (χ0v) is 11.2. The lowest BCUT2D eigenvalue weighted by Gasteiger charge is -2.35. The number of carbonyl (C=O) groups excluding carboxylic acids is 1. The number of aliphatic hydroxyl groups is 1. The molecule has 0 aliphatic carbocycles. The fraction of sp³-hybridized carbons (Fsp3) is 0.500. The third kappa shape index (κ3) is 2.81. The zero-order valence-electron chi connectivity index (χ0n) is 11.2. The van der Waals surface area contributed by atoms with E-state index in [1.165, 1.54) is 0 Å². The normalized spacial score (nSPS) is 18.3. The van der Waals surface area contributed by atoms with Crippen molar-refractivity contribution in [3.05, 3.63) is 23.8 Å². The van der Waals surface area contributed by atoms with Gasteiger partial charge in [-0.15, -0.1) is 0 Å². The highest BCUT2D eigenvalue weighted by Crippen LogP contribution is 2.31. The molecular weight excluding hydrogens is 242 g/mol. The molecule has 1 saturated heterocycles. The minimum absolute atomic E-state index is 0.267. The Bertz CT molecular complexity index is 466. The van der Waals surface area contributed by atoms with Crippen molar-refractivity contribution in [2.75, 3.05) is 23.7 Å². The van der Waals surface area contributed by atoms with Crippen molar-refractivity contribution in [3.8, 4) is 0 Å². The van der Waals surface area contributed by atoms with Gasteiger partial charge in [-0.05, 0) is 37.8 Å². The molecule has 0 bridgehead atoms. The maximum Gasteiger partial charge on any atom is 0.250 e. The number of rotatable bonds is 3. The van der Waals surface area contributed by atoms with Gasteiger partial charge in [0, 0.05) is 13.1 Å². The van der Waals surface area contributed by atoms with Crippen molar-refractivity contribution in [1.82, 2.24) is 0 Å². The number of benzene rings is 1. The molecule has 5 heteroatoms. The first-order valence-electron chi connectivity index (χ1n) is 6.62. The summed E-state index contributed by atoms with van der Waals surface area (Å²) in [5, 5.41) is 9.60. The molecule has 1 atom stereocenters. The molecule has 1 aromatic carbocycles. The van der Waals surface area contributed by atoms with Crippen LogP contribution >= 0.6 is 0 Å². The van der Waals surface area contributed by atoms with Gasteiger partial charge in [0.05, 0.1) is 23.0 Å². The molecule has 1 fully saturated rings. The van der Waals surface area contributed by atoms with Gasteiger partial charge in [0.15, 0.2) is 0 Å². The Kier molecular flexibility index (Phi) is 3.95. The molecule has 5 nitrogen and oxygen atoms in total. The van der Waals surface area contributed by atoms with Gasteiger partial charge < -0.3 is 21.5 Å². The van der Waals surface area contributed by atoms with E-state index in [9.17, 15) is 9.90 Å². The van der Waals surface area contributed by atoms with Crippen LogP contribution in [0.25, 0.3) is 0 Å². The number of para-hydroxylation sites is 1. The van der Waals surface area contributed by atoms with E-state index in [1.54, 1.807) is 12.1 Å². The van der Waals surface area contributed by atoms with Gasteiger partial charge in [0.2, 0.25) is 0 Å². The Morgan fingerprint density at radius 1 is 1.42 bits per heavy atom. The van der Waals surface area contributed by atoms with Gasteiger partial charge >= 0.3 is 0 Å². The molecular formula is C14H21N3O2. The quantitative estimate of drug-likeness (QED) is 0.708. The maximum atomic E-state index is 11.3. The number of nitrogens with zero attached hydrogens (tertiary/aromatic N) is 1. The molecule has 1 aliphatic heterocycles. The summed E-state index contributed by atoms with van der Waals surface area (Å²) in [7, 11) is 0. The lowest BCUT2D eigenvalue weighted by Crippen LogP contribution is -2.37. The molecule has 1 aliphatic rings. The summed E-state index contributed by atoms with van der Waals surface area (Å²) < 4.78 is 0. The Morgan fingerprint density at radius 3 is 2.58 bits per heavy atom. The SMILES string of the molecule is CC(O)C1CCN(c2cccc(C(N)=O)c2N)CC1. The number of piperidine rings is 1. The van der Waals surface area contributed by atoms with Crippen molar-refractivity contribution < 1.29 is 9.90 Å². The molecule has 104 valence electrons. The van der Waals surface area contributed by atoms with E-state index in [2.05, 4.69) is 4.90 Å². The van der Waals surface area contributed by atoms with Gasteiger partial charge in [-0.2, -0.15) is 0 Å². The molecule has 2 rings (SSSR count). The Labute approximate surface area is 113 Å². The van der Waals surface area contributed by atoms with Crippen molar-refractivity contribution in [2.45, 2.75) is 25.9 Å². The molecule has 1 unspecified atom stereocenters. The number of nitrogens with two attached hydrogens (primary N) is 2. The van der Waals surface area contributed by atoms with E-state index in [4.69, 9.17) is 11.5 Å². The summed E-state index contributed by atoms with van der Waals surface area (Å²) in [4.78, 5) is 13.4. The van der Waals surface area contributed by atoms with E-state index in [0.29, 0.717) is 17.2 Å². The van der Waals surface area contributed by atoms with Crippen LogP contribution in [0, 0.1) is 5.92 Å². The molecule has 1 amide bonds. The van der Waals surface area contributed by atoms with Crippen molar-refractivity contribution in [3.63, 3.8) is 0 Å². The number of primary amides is 1. The lowest BCUT2D eigenvalue weighted by molar-refractivity contribution is 0.100. The number of amides is 1. The smallest absolute Gasteiger partial charge is 0.250 e. The van der Waals surface area contributed by atoms with Crippen LogP contribution in [-0.2, 0) is 0 Å². The summed E-state index contributed by atoms with van der Waals surface area (Å²) in [6, 6.07) is 5.35. The maximum absolute atomic E-state index is 11.3. The third-order valence-corrected chi connectivity index (χ3v) is 3.91. The number of anilines is 2. The highest BCUT2D eigenvalue weighted by Gasteiger charge is 2.24. The molecule has 0 aromatic heterocycles.